The van der Waals surface area contributed by atoms with E-state index in [2.05, 4.69) is 28.7 Å². The van der Waals surface area contributed by atoms with Gasteiger partial charge in [0, 0.05) is 35.2 Å². The molecule has 4 aromatic rings. The number of aryl methyl sites for hydroxylation is 1. The van der Waals surface area contributed by atoms with Crippen molar-refractivity contribution in [3.05, 3.63) is 119 Å². The first-order valence-corrected chi connectivity index (χ1v) is 10.9. The summed E-state index contributed by atoms with van der Waals surface area (Å²) in [5, 5.41) is 10.2. The molecule has 0 amide bonds. The van der Waals surface area contributed by atoms with Gasteiger partial charge in [0.15, 0.2) is 0 Å². The molecule has 0 unspecified atom stereocenters. The van der Waals surface area contributed by atoms with Crippen LogP contribution in [0.2, 0.25) is 0 Å². The second-order valence-corrected chi connectivity index (χ2v) is 8.39. The van der Waals surface area contributed by atoms with Crippen molar-refractivity contribution in [1.29, 1.82) is 5.26 Å². The second kappa shape index (κ2) is 8.45. The predicted molar refractivity (Wildman–Crippen MR) is 132 cm³/mol. The molecule has 5 rings (SSSR count). The molecule has 6 heteroatoms. The quantitative estimate of drug-likeness (QED) is 0.384. The van der Waals surface area contributed by atoms with Crippen LogP contribution in [0.15, 0.2) is 96.2 Å². The fraction of sp³-hybridized carbons (Fsp3) is 0.107. The number of allylic oxidation sites excluding steroid dienone is 1. The number of nitrogens with zero attached hydrogens (tertiary/aromatic N) is 5. The van der Waals surface area contributed by atoms with Crippen LogP contribution in [0.3, 0.4) is 0 Å². The van der Waals surface area contributed by atoms with E-state index in [0.717, 1.165) is 50.4 Å². The summed E-state index contributed by atoms with van der Waals surface area (Å²) >= 11 is 0. The Morgan fingerprint density at radius 2 is 1.94 bits per heavy atom. The van der Waals surface area contributed by atoms with E-state index in [0.29, 0.717) is 12.1 Å². The molecule has 0 N–H and O–H groups in total. The number of amidine groups is 1. The molecular weight excluding hydrogens is 425 g/mol. The molecule has 166 valence electrons. The van der Waals surface area contributed by atoms with Crippen LogP contribution < -0.4 is 0 Å². The van der Waals surface area contributed by atoms with Crippen molar-refractivity contribution >= 4 is 16.7 Å². The summed E-state index contributed by atoms with van der Waals surface area (Å²) in [4.78, 5) is 11.2. The zero-order valence-corrected chi connectivity index (χ0v) is 19.0. The summed E-state index contributed by atoms with van der Waals surface area (Å²) < 4.78 is 15.8. The van der Waals surface area contributed by atoms with Gasteiger partial charge in [-0.15, -0.1) is 0 Å². The molecule has 2 aromatic carbocycles. The Morgan fingerprint density at radius 3 is 2.76 bits per heavy atom. The molecule has 1 aliphatic rings. The van der Waals surface area contributed by atoms with Crippen molar-refractivity contribution in [2.45, 2.75) is 20.4 Å². The van der Waals surface area contributed by atoms with Crippen LogP contribution >= 0.6 is 0 Å². The first-order chi connectivity index (χ1) is 16.4. The minimum atomic E-state index is -0.250. The van der Waals surface area contributed by atoms with E-state index in [1.54, 1.807) is 30.6 Å². The third-order valence-corrected chi connectivity index (χ3v) is 6.03. The van der Waals surface area contributed by atoms with Gasteiger partial charge < -0.3 is 9.47 Å². The molecule has 0 saturated heterocycles. The van der Waals surface area contributed by atoms with Gasteiger partial charge in [-0.2, -0.15) is 5.26 Å². The maximum Gasteiger partial charge on any atom is 0.140 e. The predicted octanol–water partition coefficient (Wildman–Crippen LogP) is 6.02. The van der Waals surface area contributed by atoms with E-state index in [9.17, 15) is 9.65 Å². The van der Waals surface area contributed by atoms with Crippen LogP contribution in [-0.4, -0.2) is 20.3 Å². The largest absolute Gasteiger partial charge is 0.322 e. The highest BCUT2D eigenvalue weighted by atomic mass is 19.1. The van der Waals surface area contributed by atoms with E-state index < -0.39 is 0 Å². The fourth-order valence-electron chi connectivity index (χ4n) is 4.23. The van der Waals surface area contributed by atoms with E-state index in [4.69, 9.17) is 0 Å². The molecular formula is C28H22FN5. The molecule has 0 radical (unpaired) electrons. The number of nitriles is 1. The molecule has 0 saturated carbocycles. The summed E-state index contributed by atoms with van der Waals surface area (Å²) in [6.07, 6.45) is 7.42. The number of aromatic nitrogens is 2. The highest BCUT2D eigenvalue weighted by Crippen LogP contribution is 2.28. The lowest BCUT2D eigenvalue weighted by atomic mass is 10.1. The van der Waals surface area contributed by atoms with Crippen molar-refractivity contribution in [3.8, 4) is 11.8 Å². The maximum atomic E-state index is 13.8. The number of pyridine rings is 1. The average molecular weight is 448 g/mol. The summed E-state index contributed by atoms with van der Waals surface area (Å²) in [5.41, 5.74) is 7.02. The molecule has 1 aliphatic heterocycles. The Labute approximate surface area is 197 Å². The van der Waals surface area contributed by atoms with Gasteiger partial charge in [-0.3, -0.25) is 4.98 Å². The monoisotopic (exact) mass is 447 g/mol. The van der Waals surface area contributed by atoms with Gasteiger partial charge in [-0.05, 0) is 66.9 Å². The second-order valence-electron chi connectivity index (χ2n) is 8.39. The van der Waals surface area contributed by atoms with Crippen molar-refractivity contribution in [1.82, 2.24) is 14.5 Å². The van der Waals surface area contributed by atoms with Gasteiger partial charge in [0.25, 0.3) is 0 Å². The molecule has 5 nitrogen and oxygen atoms in total. The van der Waals surface area contributed by atoms with Gasteiger partial charge >= 0.3 is 0 Å². The molecule has 0 fully saturated rings. The van der Waals surface area contributed by atoms with Gasteiger partial charge in [0.05, 0.1) is 35.6 Å². The van der Waals surface area contributed by atoms with Crippen molar-refractivity contribution < 1.29 is 4.39 Å². The third kappa shape index (κ3) is 3.78. The third-order valence-electron chi connectivity index (χ3n) is 6.03. The fourth-order valence-corrected chi connectivity index (χ4v) is 4.23. The molecule has 0 atom stereocenters. The molecule has 0 bridgehead atoms. The lowest BCUT2D eigenvalue weighted by Crippen LogP contribution is -2.32. The van der Waals surface area contributed by atoms with Gasteiger partial charge in [-0.25, -0.2) is 9.38 Å². The summed E-state index contributed by atoms with van der Waals surface area (Å²) in [6.45, 7) is 8.73. The maximum absolute atomic E-state index is 13.8. The topological polar surface area (TPSA) is 57.2 Å². The number of hydrogen-bond donors (Lipinski definition) is 0. The molecule has 0 spiro atoms. The van der Waals surface area contributed by atoms with Crippen LogP contribution in [0, 0.1) is 24.1 Å². The first kappa shape index (κ1) is 21.4. The van der Waals surface area contributed by atoms with E-state index in [1.165, 1.54) is 6.07 Å². The Hall–Kier alpha value is -4.50. The lowest BCUT2D eigenvalue weighted by molar-refractivity contribution is 0.511. The first-order valence-electron chi connectivity index (χ1n) is 10.9. The van der Waals surface area contributed by atoms with Crippen molar-refractivity contribution in [2.24, 2.45) is 4.99 Å². The number of aliphatic imine (C=N–C) groups is 1. The van der Waals surface area contributed by atoms with Crippen molar-refractivity contribution in [2.75, 3.05) is 0 Å². The van der Waals surface area contributed by atoms with Crippen LogP contribution in [-0.2, 0) is 6.54 Å². The molecule has 3 heterocycles. The Bertz CT molecular complexity index is 1550. The summed E-state index contributed by atoms with van der Waals surface area (Å²) in [6, 6.07) is 16.5. The zero-order valence-electron chi connectivity index (χ0n) is 19.0. The normalized spacial score (nSPS) is 13.6. The average Bonchev–Trinajstić information content (AvgIpc) is 3.18. The minimum Gasteiger partial charge on any atom is -0.322 e. The Balaban J connectivity index is 1.53. The van der Waals surface area contributed by atoms with Crippen molar-refractivity contribution in [3.63, 3.8) is 0 Å². The smallest absolute Gasteiger partial charge is 0.140 e. The summed E-state index contributed by atoms with van der Waals surface area (Å²) in [7, 11) is 0. The molecule has 2 aromatic heterocycles. The molecule has 0 aliphatic carbocycles. The number of rotatable bonds is 4. The Kier molecular flexibility index (Phi) is 5.31. The number of hydrogen-bond acceptors (Lipinski definition) is 4. The zero-order chi connectivity index (χ0) is 23.8. The standard InChI is InChI=1S/C28H22FN5/c1-18-13-32-28(23-6-4-5-21(9-23)12-30)33(20(18)3)17-22-10-25(15-31-14-22)34-16-19(2)26-11-24(29)7-8-27(26)34/h4-11,13-16H,3,17H2,1-2H3. The van der Waals surface area contributed by atoms with Gasteiger partial charge in [0.2, 0.25) is 0 Å². The number of benzene rings is 2. The number of halogens is 1. The Morgan fingerprint density at radius 1 is 1.09 bits per heavy atom. The lowest BCUT2D eigenvalue weighted by Gasteiger charge is -2.31. The SMILES string of the molecule is C=C1C(C)=CN=C(c2cccc(C#N)c2)N1Cc1cncc(-n2cc(C)c3cc(F)ccc32)c1. The summed E-state index contributed by atoms with van der Waals surface area (Å²) in [5.74, 6) is 0.482. The van der Waals surface area contributed by atoms with E-state index in [-0.39, 0.29) is 5.82 Å². The minimum absolute atomic E-state index is 0.250. The number of fused-ring (bicyclic) bond motifs is 1. The molecule has 34 heavy (non-hydrogen) atoms. The van der Waals surface area contributed by atoms with Gasteiger partial charge in [-0.1, -0.05) is 18.7 Å². The van der Waals surface area contributed by atoms with Crippen LogP contribution in [0.4, 0.5) is 4.39 Å². The van der Waals surface area contributed by atoms with Crippen LogP contribution in [0.25, 0.3) is 16.6 Å². The highest BCUT2D eigenvalue weighted by Gasteiger charge is 2.22. The van der Waals surface area contributed by atoms with E-state index in [1.807, 2.05) is 53.9 Å². The van der Waals surface area contributed by atoms with Gasteiger partial charge in [0.1, 0.15) is 11.7 Å². The van der Waals surface area contributed by atoms with Crippen LogP contribution in [0.5, 0.6) is 0 Å². The highest BCUT2D eigenvalue weighted by molar-refractivity contribution is 6.01. The van der Waals surface area contributed by atoms with E-state index >= 15 is 0 Å². The van der Waals surface area contributed by atoms with Crippen LogP contribution in [0.1, 0.15) is 29.2 Å².